The summed E-state index contributed by atoms with van der Waals surface area (Å²) in [6.07, 6.45) is -0.185. The van der Waals surface area contributed by atoms with Gasteiger partial charge in [-0.05, 0) is 84.9 Å². The van der Waals surface area contributed by atoms with Crippen molar-refractivity contribution in [2.45, 2.75) is 57.4 Å². The van der Waals surface area contributed by atoms with Crippen LogP contribution in [0, 0.1) is 17.3 Å². The van der Waals surface area contributed by atoms with Gasteiger partial charge in [-0.15, -0.1) is 0 Å². The maximum absolute atomic E-state index is 10.7. The number of rotatable bonds is 0. The average Bonchev–Trinajstić information content (AvgIpc) is 2.62. The van der Waals surface area contributed by atoms with Gasteiger partial charge in [0.2, 0.25) is 0 Å². The molecule has 0 radical (unpaired) electrons. The lowest BCUT2D eigenvalue weighted by Crippen LogP contribution is -2.43. The van der Waals surface area contributed by atoms with Crippen LogP contribution in [0.2, 0.25) is 0 Å². The summed E-state index contributed by atoms with van der Waals surface area (Å²) in [4.78, 5) is 0. The summed E-state index contributed by atoms with van der Waals surface area (Å²) < 4.78 is 24.7. The van der Waals surface area contributed by atoms with E-state index in [0.29, 0.717) is 24.0 Å². The summed E-state index contributed by atoms with van der Waals surface area (Å²) in [7, 11) is 0. The Morgan fingerprint density at radius 1 is 1.35 bits per heavy atom. The molecule has 0 spiro atoms. The van der Waals surface area contributed by atoms with Gasteiger partial charge in [0, 0.05) is 2.74 Å². The molecule has 1 aromatic carbocycles. The molecule has 20 heavy (non-hydrogen) atoms. The summed E-state index contributed by atoms with van der Waals surface area (Å²) in [5.74, 6) is 1.03. The topological polar surface area (TPSA) is 40.5 Å². The Labute approximate surface area is 125 Å². The number of phenols is 1. The van der Waals surface area contributed by atoms with Crippen LogP contribution in [0.1, 0.15) is 60.1 Å². The molecule has 0 unspecified atom stereocenters. The Morgan fingerprint density at radius 2 is 2.20 bits per heavy atom. The van der Waals surface area contributed by atoms with Gasteiger partial charge in [0.15, 0.2) is 0 Å². The first kappa shape index (κ1) is 9.83. The van der Waals surface area contributed by atoms with E-state index in [2.05, 4.69) is 0 Å². The maximum Gasteiger partial charge on any atom is 0.115 e. The van der Waals surface area contributed by atoms with Gasteiger partial charge in [-0.1, -0.05) is 13.0 Å². The molecule has 4 rings (SSSR count). The average molecular weight is 275 g/mol. The first-order valence-electron chi connectivity index (χ1n) is 9.21. The van der Waals surface area contributed by atoms with Crippen LogP contribution >= 0.6 is 0 Å². The van der Waals surface area contributed by atoms with E-state index in [-0.39, 0.29) is 12.3 Å². The number of fused-ring (bicyclic) bond motifs is 5. The number of phenolic OH excluding ortho intramolecular Hbond substituents is 1. The fourth-order valence-corrected chi connectivity index (χ4v) is 4.97. The third-order valence-electron chi connectivity index (χ3n) is 6.13. The highest BCUT2D eigenvalue weighted by molar-refractivity contribution is 5.40. The van der Waals surface area contributed by atoms with Gasteiger partial charge in [0.1, 0.15) is 5.75 Å². The van der Waals surface area contributed by atoms with E-state index in [1.54, 1.807) is 6.07 Å². The van der Waals surface area contributed by atoms with Crippen molar-refractivity contribution in [2.75, 3.05) is 0 Å². The Bertz CT molecular complexity index is 658. The molecule has 0 amide bonds. The third-order valence-corrected chi connectivity index (χ3v) is 6.13. The van der Waals surface area contributed by atoms with Crippen LogP contribution in [0.4, 0.5) is 0 Å². The van der Waals surface area contributed by atoms with Crippen LogP contribution in [0.15, 0.2) is 18.2 Å². The Balaban J connectivity index is 1.75. The van der Waals surface area contributed by atoms with E-state index in [4.69, 9.17) is 4.11 Å². The molecule has 5 atom stereocenters. The Morgan fingerprint density at radius 3 is 3.05 bits per heavy atom. The predicted octanol–water partition coefficient (Wildman–Crippen LogP) is 3.61. The third kappa shape index (κ3) is 1.60. The lowest BCUT2D eigenvalue weighted by Gasteiger charge is -2.50. The van der Waals surface area contributed by atoms with Gasteiger partial charge < -0.3 is 10.2 Å². The molecule has 108 valence electrons. The van der Waals surface area contributed by atoms with Gasteiger partial charge >= 0.3 is 0 Å². The smallest absolute Gasteiger partial charge is 0.115 e. The molecule has 0 aromatic heterocycles. The van der Waals surface area contributed by atoms with Crippen molar-refractivity contribution in [1.29, 1.82) is 0 Å². The van der Waals surface area contributed by atoms with Crippen LogP contribution in [-0.2, 0) is 6.42 Å². The van der Waals surface area contributed by atoms with E-state index in [9.17, 15) is 10.2 Å². The monoisotopic (exact) mass is 275 g/mol. The molecule has 0 aliphatic heterocycles. The SMILES string of the molecule is [2H]C1([2H])C[C@H]2[C@@H]3CCc4cc(O)ccc4[C@H]3CC[C@]2(C)[C@@]1([2H])O. The van der Waals surface area contributed by atoms with Crippen molar-refractivity contribution >= 4 is 0 Å². The maximum atomic E-state index is 10.7. The highest BCUT2D eigenvalue weighted by atomic mass is 16.3. The standard InChI is InChI=1S/C18H24O2/c1-18-9-8-14-13-5-3-12(19)10-11(13)2-4-15(14)16(18)6-7-17(18)20/h3,5,10,14-17,19-20H,2,4,6-9H2,1H3/t14-,15-,16+,17+,18+/m1/s1/i7D2,17D. The highest BCUT2D eigenvalue weighted by Gasteiger charge is 2.54. The van der Waals surface area contributed by atoms with Gasteiger partial charge in [0.05, 0.1) is 7.45 Å². The lowest BCUT2D eigenvalue weighted by atomic mass is 9.55. The molecule has 0 saturated heterocycles. The number of hydrogen-bond acceptors (Lipinski definition) is 2. The Kier molecular flexibility index (Phi) is 2.08. The zero-order valence-electron chi connectivity index (χ0n) is 14.9. The molecule has 2 heteroatoms. The van der Waals surface area contributed by atoms with Crippen LogP contribution in [0.5, 0.6) is 5.75 Å². The second-order valence-electron chi connectivity index (χ2n) is 6.98. The highest BCUT2D eigenvalue weighted by Crippen LogP contribution is 2.60. The van der Waals surface area contributed by atoms with Crippen molar-refractivity contribution in [2.24, 2.45) is 17.3 Å². The van der Waals surface area contributed by atoms with Gasteiger partial charge in [-0.25, -0.2) is 0 Å². The number of hydrogen-bond donors (Lipinski definition) is 2. The second-order valence-corrected chi connectivity index (χ2v) is 6.98. The van der Waals surface area contributed by atoms with E-state index in [1.807, 2.05) is 19.1 Å². The number of aromatic hydroxyl groups is 1. The largest absolute Gasteiger partial charge is 0.508 e. The van der Waals surface area contributed by atoms with Gasteiger partial charge in [0.25, 0.3) is 0 Å². The van der Waals surface area contributed by atoms with Crippen molar-refractivity contribution in [3.05, 3.63) is 29.3 Å². The van der Waals surface area contributed by atoms with Crippen molar-refractivity contribution < 1.29 is 14.3 Å². The second kappa shape index (κ2) is 4.24. The fourth-order valence-electron chi connectivity index (χ4n) is 4.97. The molecule has 3 aliphatic rings. The summed E-state index contributed by atoms with van der Waals surface area (Å²) in [6.45, 7) is 1.91. The molecule has 0 bridgehead atoms. The molecular formula is C18H24O2. The molecule has 2 saturated carbocycles. The zero-order valence-corrected chi connectivity index (χ0v) is 11.9. The Hall–Kier alpha value is -1.02. The molecular weight excluding hydrogens is 248 g/mol. The van der Waals surface area contributed by atoms with E-state index >= 15 is 0 Å². The summed E-state index contributed by atoms with van der Waals surface area (Å²) >= 11 is 0. The normalized spacial score (nSPS) is 51.1. The summed E-state index contributed by atoms with van der Waals surface area (Å²) in [5, 5.41) is 20.4. The minimum Gasteiger partial charge on any atom is -0.508 e. The minimum absolute atomic E-state index is 0.0423. The molecule has 2 nitrogen and oxygen atoms in total. The zero-order chi connectivity index (χ0) is 16.6. The van der Waals surface area contributed by atoms with Crippen molar-refractivity contribution in [3.8, 4) is 5.75 Å². The quantitative estimate of drug-likeness (QED) is 0.759. The molecule has 1 aromatic rings. The van der Waals surface area contributed by atoms with Crippen LogP contribution in [0.3, 0.4) is 0 Å². The van der Waals surface area contributed by atoms with Crippen LogP contribution in [0.25, 0.3) is 0 Å². The van der Waals surface area contributed by atoms with E-state index < -0.39 is 17.9 Å². The molecule has 0 heterocycles. The summed E-state index contributed by atoms with van der Waals surface area (Å²) in [6, 6.07) is 5.61. The number of benzene rings is 1. The number of aryl methyl sites for hydroxylation is 1. The molecule has 2 N–H and O–H groups in total. The number of aliphatic hydroxyl groups is 1. The summed E-state index contributed by atoms with van der Waals surface area (Å²) in [5.41, 5.74) is 1.81. The van der Waals surface area contributed by atoms with Gasteiger partial charge in [-0.3, -0.25) is 0 Å². The van der Waals surface area contributed by atoms with Crippen molar-refractivity contribution in [3.63, 3.8) is 0 Å². The van der Waals surface area contributed by atoms with Crippen molar-refractivity contribution in [1.82, 2.24) is 0 Å². The van der Waals surface area contributed by atoms with Crippen LogP contribution < -0.4 is 0 Å². The first-order valence-corrected chi connectivity index (χ1v) is 7.71. The van der Waals surface area contributed by atoms with E-state index in [1.165, 1.54) is 11.1 Å². The fraction of sp³-hybridized carbons (Fsp3) is 0.667. The molecule has 2 fully saturated rings. The molecule has 3 aliphatic carbocycles. The minimum atomic E-state index is -2.01. The van der Waals surface area contributed by atoms with Crippen LogP contribution in [-0.4, -0.2) is 16.3 Å². The first-order chi connectivity index (χ1) is 10.7. The predicted molar refractivity (Wildman–Crippen MR) is 78.7 cm³/mol. The van der Waals surface area contributed by atoms with E-state index in [0.717, 1.165) is 19.3 Å². The van der Waals surface area contributed by atoms with Gasteiger partial charge in [-0.2, -0.15) is 0 Å². The lowest BCUT2D eigenvalue weighted by molar-refractivity contribution is -0.0226.